The predicted molar refractivity (Wildman–Crippen MR) is 85.4 cm³/mol. The van der Waals surface area contributed by atoms with Crippen molar-refractivity contribution < 1.29 is 19.0 Å². The molecule has 0 spiro atoms. The van der Waals surface area contributed by atoms with Crippen LogP contribution in [0.1, 0.15) is 18.1 Å². The van der Waals surface area contributed by atoms with Crippen LogP contribution in [0.25, 0.3) is 0 Å². The Balaban J connectivity index is 1.91. The average molecular weight is 317 g/mol. The molecule has 0 atom stereocenters. The van der Waals surface area contributed by atoms with Gasteiger partial charge in [0.15, 0.2) is 6.61 Å². The standard InChI is InChI=1S/C18H20FNO3/c1-2-20(11-15-4-3-5-16(19)10-15)18(22)13-23-17-8-6-14(12-21)7-9-17/h3-10,21H,2,11-13H2,1H3. The lowest BCUT2D eigenvalue weighted by Crippen LogP contribution is -2.34. The zero-order chi connectivity index (χ0) is 16.7. The number of nitrogens with zero attached hydrogens (tertiary/aromatic N) is 1. The number of halogens is 1. The molecule has 0 aliphatic carbocycles. The number of benzene rings is 2. The summed E-state index contributed by atoms with van der Waals surface area (Å²) < 4.78 is 18.7. The fourth-order valence-electron chi connectivity index (χ4n) is 2.16. The van der Waals surface area contributed by atoms with Crippen molar-refractivity contribution in [2.75, 3.05) is 13.2 Å². The minimum Gasteiger partial charge on any atom is -0.484 e. The van der Waals surface area contributed by atoms with E-state index in [0.717, 1.165) is 11.1 Å². The minimum absolute atomic E-state index is 0.0313. The summed E-state index contributed by atoms with van der Waals surface area (Å²) in [5, 5.41) is 8.98. The molecule has 2 rings (SSSR count). The number of carbonyl (C=O) groups excluding carboxylic acids is 1. The van der Waals surface area contributed by atoms with Crippen molar-refractivity contribution in [2.45, 2.75) is 20.1 Å². The van der Waals surface area contributed by atoms with Crippen LogP contribution in [-0.4, -0.2) is 29.1 Å². The smallest absolute Gasteiger partial charge is 0.260 e. The molecule has 0 aliphatic heterocycles. The molecule has 0 saturated carbocycles. The van der Waals surface area contributed by atoms with Crippen LogP contribution in [0.5, 0.6) is 5.75 Å². The number of amides is 1. The molecule has 0 aliphatic rings. The average Bonchev–Trinajstić information content (AvgIpc) is 2.58. The summed E-state index contributed by atoms with van der Waals surface area (Å²) in [7, 11) is 0. The van der Waals surface area contributed by atoms with E-state index in [1.165, 1.54) is 12.1 Å². The van der Waals surface area contributed by atoms with Crippen molar-refractivity contribution in [1.82, 2.24) is 4.90 Å². The van der Waals surface area contributed by atoms with Crippen LogP contribution in [0.3, 0.4) is 0 Å². The van der Waals surface area contributed by atoms with E-state index in [1.807, 2.05) is 6.92 Å². The number of ether oxygens (including phenoxy) is 1. The number of aliphatic hydroxyl groups is 1. The molecule has 2 aromatic carbocycles. The van der Waals surface area contributed by atoms with Crippen LogP contribution in [0.15, 0.2) is 48.5 Å². The third kappa shape index (κ3) is 5.07. The summed E-state index contributed by atoms with van der Waals surface area (Å²) in [6, 6.07) is 13.1. The van der Waals surface area contributed by atoms with Gasteiger partial charge in [-0.15, -0.1) is 0 Å². The van der Waals surface area contributed by atoms with Crippen molar-refractivity contribution in [3.05, 3.63) is 65.5 Å². The van der Waals surface area contributed by atoms with Crippen molar-refractivity contribution in [1.29, 1.82) is 0 Å². The highest BCUT2D eigenvalue weighted by Gasteiger charge is 2.13. The maximum Gasteiger partial charge on any atom is 0.260 e. The maximum atomic E-state index is 13.2. The van der Waals surface area contributed by atoms with Crippen molar-refractivity contribution in [2.24, 2.45) is 0 Å². The predicted octanol–water partition coefficient (Wildman–Crippen LogP) is 2.75. The quantitative estimate of drug-likeness (QED) is 0.854. The number of hydrogen-bond donors (Lipinski definition) is 1. The molecule has 0 bridgehead atoms. The van der Waals surface area contributed by atoms with Gasteiger partial charge >= 0.3 is 0 Å². The minimum atomic E-state index is -0.314. The molecule has 2 aromatic rings. The number of rotatable bonds is 7. The number of aliphatic hydroxyl groups excluding tert-OH is 1. The first kappa shape index (κ1) is 17.0. The van der Waals surface area contributed by atoms with Gasteiger partial charge in [0.25, 0.3) is 5.91 Å². The normalized spacial score (nSPS) is 10.4. The summed E-state index contributed by atoms with van der Waals surface area (Å²) in [6.45, 7) is 2.62. The summed E-state index contributed by atoms with van der Waals surface area (Å²) in [4.78, 5) is 13.8. The van der Waals surface area contributed by atoms with Gasteiger partial charge in [-0.3, -0.25) is 4.79 Å². The second-order valence-electron chi connectivity index (χ2n) is 5.13. The highest BCUT2D eigenvalue weighted by Crippen LogP contribution is 2.13. The van der Waals surface area contributed by atoms with Gasteiger partial charge in [-0.25, -0.2) is 4.39 Å². The fourth-order valence-corrected chi connectivity index (χ4v) is 2.16. The molecule has 0 radical (unpaired) electrons. The molecule has 5 heteroatoms. The van der Waals surface area contributed by atoms with E-state index in [4.69, 9.17) is 9.84 Å². The van der Waals surface area contributed by atoms with E-state index < -0.39 is 0 Å². The first-order valence-corrected chi connectivity index (χ1v) is 7.47. The molecule has 0 saturated heterocycles. The first-order valence-electron chi connectivity index (χ1n) is 7.47. The van der Waals surface area contributed by atoms with Gasteiger partial charge in [-0.05, 0) is 42.3 Å². The largest absolute Gasteiger partial charge is 0.484 e. The third-order valence-electron chi connectivity index (χ3n) is 3.47. The van der Waals surface area contributed by atoms with E-state index in [1.54, 1.807) is 41.3 Å². The zero-order valence-electron chi connectivity index (χ0n) is 13.0. The molecule has 0 heterocycles. The molecule has 23 heavy (non-hydrogen) atoms. The van der Waals surface area contributed by atoms with E-state index in [-0.39, 0.29) is 24.9 Å². The molecule has 4 nitrogen and oxygen atoms in total. The topological polar surface area (TPSA) is 49.8 Å². The van der Waals surface area contributed by atoms with Gasteiger partial charge in [-0.2, -0.15) is 0 Å². The Kier molecular flexibility index (Phi) is 6.11. The molecular weight excluding hydrogens is 297 g/mol. The molecular formula is C18H20FNO3. The monoisotopic (exact) mass is 317 g/mol. The van der Waals surface area contributed by atoms with Crippen LogP contribution in [-0.2, 0) is 17.9 Å². The lowest BCUT2D eigenvalue weighted by atomic mass is 10.2. The summed E-state index contributed by atoms with van der Waals surface area (Å²) in [6.07, 6.45) is 0. The maximum absolute atomic E-state index is 13.2. The summed E-state index contributed by atoms with van der Waals surface area (Å²) >= 11 is 0. The second kappa shape index (κ2) is 8.29. The van der Waals surface area contributed by atoms with Crippen molar-refractivity contribution >= 4 is 5.91 Å². The Labute approximate surface area is 135 Å². The molecule has 1 amide bonds. The Morgan fingerprint density at radius 2 is 1.91 bits per heavy atom. The third-order valence-corrected chi connectivity index (χ3v) is 3.47. The van der Waals surface area contributed by atoms with Crippen LogP contribution in [0.4, 0.5) is 4.39 Å². The van der Waals surface area contributed by atoms with Gasteiger partial charge in [0.2, 0.25) is 0 Å². The Morgan fingerprint density at radius 1 is 1.17 bits per heavy atom. The van der Waals surface area contributed by atoms with Gasteiger partial charge < -0.3 is 14.7 Å². The highest BCUT2D eigenvalue weighted by molar-refractivity contribution is 5.77. The van der Waals surface area contributed by atoms with Gasteiger partial charge in [0, 0.05) is 13.1 Å². The molecule has 0 fully saturated rings. The number of likely N-dealkylation sites (N-methyl/N-ethyl adjacent to an activating group) is 1. The van der Waals surface area contributed by atoms with Crippen molar-refractivity contribution in [3.63, 3.8) is 0 Å². The number of carbonyl (C=O) groups is 1. The Hall–Kier alpha value is -2.40. The van der Waals surface area contributed by atoms with Gasteiger partial charge in [0.1, 0.15) is 11.6 Å². The number of hydrogen-bond acceptors (Lipinski definition) is 3. The van der Waals surface area contributed by atoms with E-state index in [0.29, 0.717) is 18.8 Å². The molecule has 1 N–H and O–H groups in total. The first-order chi connectivity index (χ1) is 11.1. The Morgan fingerprint density at radius 3 is 2.52 bits per heavy atom. The van der Waals surface area contributed by atoms with E-state index in [9.17, 15) is 9.18 Å². The zero-order valence-corrected chi connectivity index (χ0v) is 13.0. The fraction of sp³-hybridized carbons (Fsp3) is 0.278. The van der Waals surface area contributed by atoms with Crippen LogP contribution < -0.4 is 4.74 Å². The second-order valence-corrected chi connectivity index (χ2v) is 5.13. The Bertz CT molecular complexity index is 643. The lowest BCUT2D eigenvalue weighted by Gasteiger charge is -2.21. The van der Waals surface area contributed by atoms with Crippen molar-refractivity contribution in [3.8, 4) is 5.75 Å². The SMILES string of the molecule is CCN(Cc1cccc(F)c1)C(=O)COc1ccc(CO)cc1. The molecule has 0 aromatic heterocycles. The van der Waals surface area contributed by atoms with Crippen LogP contribution in [0.2, 0.25) is 0 Å². The highest BCUT2D eigenvalue weighted by atomic mass is 19.1. The van der Waals surface area contributed by atoms with Crippen LogP contribution in [0, 0.1) is 5.82 Å². The summed E-state index contributed by atoms with van der Waals surface area (Å²) in [5.74, 6) is 0.0894. The van der Waals surface area contributed by atoms with Crippen LogP contribution >= 0.6 is 0 Å². The van der Waals surface area contributed by atoms with E-state index >= 15 is 0 Å². The summed E-state index contributed by atoms with van der Waals surface area (Å²) in [5.41, 5.74) is 1.53. The molecule has 0 unspecified atom stereocenters. The van der Waals surface area contributed by atoms with Gasteiger partial charge in [-0.1, -0.05) is 24.3 Å². The van der Waals surface area contributed by atoms with Gasteiger partial charge in [0.05, 0.1) is 6.61 Å². The lowest BCUT2D eigenvalue weighted by molar-refractivity contribution is -0.133. The molecule has 122 valence electrons. The van der Waals surface area contributed by atoms with E-state index in [2.05, 4.69) is 0 Å².